The zero-order chi connectivity index (χ0) is 21.6. The number of rotatable bonds is 6. The van der Waals surface area contributed by atoms with Crippen molar-refractivity contribution in [3.8, 4) is 0 Å². The summed E-state index contributed by atoms with van der Waals surface area (Å²) in [4.78, 5) is 32.2. The molecule has 1 fully saturated rings. The Hall–Kier alpha value is -2.86. The molecule has 2 amide bonds. The molecule has 6 nitrogen and oxygen atoms in total. The van der Waals surface area contributed by atoms with Crippen molar-refractivity contribution in [2.45, 2.75) is 38.6 Å². The number of nitrogens with zero attached hydrogens (tertiary/aromatic N) is 3. The molecule has 1 N–H and O–H groups in total. The van der Waals surface area contributed by atoms with Gasteiger partial charge in [0.1, 0.15) is 12.4 Å². The third-order valence-electron chi connectivity index (χ3n) is 5.74. The molecule has 0 unspecified atom stereocenters. The number of imidazole rings is 1. The van der Waals surface area contributed by atoms with Gasteiger partial charge < -0.3 is 14.8 Å². The van der Waals surface area contributed by atoms with E-state index in [0.717, 1.165) is 42.8 Å². The summed E-state index contributed by atoms with van der Waals surface area (Å²) in [6.07, 6.45) is 5.04. The quantitative estimate of drug-likeness (QED) is 0.631. The van der Waals surface area contributed by atoms with Gasteiger partial charge >= 0.3 is 0 Å². The van der Waals surface area contributed by atoms with Gasteiger partial charge in [0.25, 0.3) is 5.91 Å². The van der Waals surface area contributed by atoms with Crippen LogP contribution in [0.25, 0.3) is 11.0 Å². The molecule has 1 aromatic heterocycles. The Labute approximate surface area is 187 Å². The SMILES string of the molecule is O=C(NCCc1nc2ccccc2n1CC(=O)N1CCCCCC1)c1ccccc1Cl. The molecule has 0 atom stereocenters. The number of carbonyl (C=O) groups excluding carboxylic acids is 2. The minimum atomic E-state index is -0.214. The Morgan fingerprint density at radius 2 is 1.68 bits per heavy atom. The van der Waals surface area contributed by atoms with Crippen LogP contribution in [0.4, 0.5) is 0 Å². The molecule has 2 heterocycles. The van der Waals surface area contributed by atoms with Crippen LogP contribution in [0.15, 0.2) is 48.5 Å². The van der Waals surface area contributed by atoms with Gasteiger partial charge in [0.15, 0.2) is 0 Å². The molecule has 4 rings (SSSR count). The Balaban J connectivity index is 1.48. The largest absolute Gasteiger partial charge is 0.352 e. The summed E-state index contributed by atoms with van der Waals surface area (Å²) in [6.45, 7) is 2.34. The minimum Gasteiger partial charge on any atom is -0.352 e. The zero-order valence-corrected chi connectivity index (χ0v) is 18.3. The summed E-state index contributed by atoms with van der Waals surface area (Å²) in [6, 6.07) is 14.8. The topological polar surface area (TPSA) is 67.2 Å². The molecule has 0 bridgehead atoms. The lowest BCUT2D eigenvalue weighted by Crippen LogP contribution is -2.35. The molecule has 31 heavy (non-hydrogen) atoms. The maximum absolute atomic E-state index is 13.0. The lowest BCUT2D eigenvalue weighted by molar-refractivity contribution is -0.131. The second-order valence-corrected chi connectivity index (χ2v) is 8.29. The van der Waals surface area contributed by atoms with Gasteiger partial charge in [-0.1, -0.05) is 48.7 Å². The first kappa shape index (κ1) is 21.4. The second kappa shape index (κ2) is 9.96. The summed E-state index contributed by atoms with van der Waals surface area (Å²) < 4.78 is 1.99. The summed E-state index contributed by atoms with van der Waals surface area (Å²) >= 11 is 6.12. The predicted molar refractivity (Wildman–Crippen MR) is 122 cm³/mol. The number of hydrogen-bond acceptors (Lipinski definition) is 3. The second-order valence-electron chi connectivity index (χ2n) is 7.88. The number of nitrogens with one attached hydrogen (secondary N) is 1. The number of aromatic nitrogens is 2. The molecule has 7 heteroatoms. The van der Waals surface area contributed by atoms with Crippen LogP contribution in [-0.2, 0) is 17.8 Å². The molecule has 0 saturated carbocycles. The van der Waals surface area contributed by atoms with Crippen molar-refractivity contribution in [2.75, 3.05) is 19.6 Å². The van der Waals surface area contributed by atoms with Gasteiger partial charge in [0.05, 0.1) is 21.6 Å². The van der Waals surface area contributed by atoms with E-state index in [-0.39, 0.29) is 18.4 Å². The Morgan fingerprint density at radius 1 is 0.968 bits per heavy atom. The third-order valence-corrected chi connectivity index (χ3v) is 6.07. The van der Waals surface area contributed by atoms with Crippen LogP contribution in [0.1, 0.15) is 41.9 Å². The fourth-order valence-corrected chi connectivity index (χ4v) is 4.30. The van der Waals surface area contributed by atoms with E-state index in [9.17, 15) is 9.59 Å². The van der Waals surface area contributed by atoms with Gasteiger partial charge in [-0.25, -0.2) is 4.98 Å². The molecule has 1 saturated heterocycles. The first-order valence-electron chi connectivity index (χ1n) is 10.9. The van der Waals surface area contributed by atoms with E-state index in [1.165, 1.54) is 12.8 Å². The monoisotopic (exact) mass is 438 g/mol. The number of para-hydroxylation sites is 2. The molecular weight excluding hydrogens is 412 g/mol. The van der Waals surface area contributed by atoms with Crippen molar-refractivity contribution >= 4 is 34.4 Å². The highest BCUT2D eigenvalue weighted by atomic mass is 35.5. The van der Waals surface area contributed by atoms with Crippen molar-refractivity contribution < 1.29 is 9.59 Å². The first-order chi connectivity index (χ1) is 15.1. The van der Waals surface area contributed by atoms with Crippen LogP contribution in [-0.4, -0.2) is 45.9 Å². The average molecular weight is 439 g/mol. The number of hydrogen-bond donors (Lipinski definition) is 1. The van der Waals surface area contributed by atoms with E-state index in [1.54, 1.807) is 24.3 Å². The van der Waals surface area contributed by atoms with Crippen LogP contribution < -0.4 is 5.32 Å². The van der Waals surface area contributed by atoms with Crippen molar-refractivity contribution in [3.63, 3.8) is 0 Å². The van der Waals surface area contributed by atoms with Crippen molar-refractivity contribution in [3.05, 3.63) is 64.9 Å². The fourth-order valence-electron chi connectivity index (χ4n) is 4.08. The summed E-state index contributed by atoms with van der Waals surface area (Å²) in [5.41, 5.74) is 2.26. The van der Waals surface area contributed by atoms with Crippen LogP contribution in [0.5, 0.6) is 0 Å². The van der Waals surface area contributed by atoms with E-state index in [4.69, 9.17) is 16.6 Å². The maximum atomic E-state index is 13.0. The van der Waals surface area contributed by atoms with E-state index >= 15 is 0 Å². The number of amides is 2. The van der Waals surface area contributed by atoms with E-state index in [0.29, 0.717) is 23.6 Å². The fraction of sp³-hybridized carbons (Fsp3) is 0.375. The lowest BCUT2D eigenvalue weighted by atomic mass is 10.2. The molecule has 2 aromatic carbocycles. The highest BCUT2D eigenvalue weighted by Crippen LogP contribution is 2.18. The van der Waals surface area contributed by atoms with E-state index < -0.39 is 0 Å². The van der Waals surface area contributed by atoms with Crippen LogP contribution >= 0.6 is 11.6 Å². The van der Waals surface area contributed by atoms with Crippen LogP contribution in [0.2, 0.25) is 5.02 Å². The Bertz CT molecular complexity index is 1070. The Kier molecular flexibility index (Phi) is 6.87. The zero-order valence-electron chi connectivity index (χ0n) is 17.5. The molecule has 0 radical (unpaired) electrons. The predicted octanol–water partition coefficient (Wildman–Crippen LogP) is 4.06. The van der Waals surface area contributed by atoms with Crippen molar-refractivity contribution in [1.82, 2.24) is 19.8 Å². The van der Waals surface area contributed by atoms with Crippen molar-refractivity contribution in [2.24, 2.45) is 0 Å². The summed E-state index contributed by atoms with van der Waals surface area (Å²) in [5.74, 6) is 0.712. The third kappa shape index (κ3) is 5.07. The smallest absolute Gasteiger partial charge is 0.252 e. The maximum Gasteiger partial charge on any atom is 0.252 e. The Morgan fingerprint density at radius 3 is 2.45 bits per heavy atom. The number of likely N-dealkylation sites (tertiary alicyclic amines) is 1. The summed E-state index contributed by atoms with van der Waals surface area (Å²) in [5, 5.41) is 3.34. The molecule has 1 aliphatic rings. The normalized spacial score (nSPS) is 14.4. The molecule has 1 aliphatic heterocycles. The molecular formula is C24H27ClN4O2. The van der Waals surface area contributed by atoms with Gasteiger partial charge in [0.2, 0.25) is 5.91 Å². The number of carbonyl (C=O) groups is 2. The number of benzene rings is 2. The van der Waals surface area contributed by atoms with Gasteiger partial charge in [-0.3, -0.25) is 9.59 Å². The van der Waals surface area contributed by atoms with Crippen LogP contribution in [0, 0.1) is 0 Å². The first-order valence-corrected chi connectivity index (χ1v) is 11.3. The van der Waals surface area contributed by atoms with Crippen molar-refractivity contribution in [1.29, 1.82) is 0 Å². The van der Waals surface area contributed by atoms with Gasteiger partial charge in [0, 0.05) is 26.1 Å². The van der Waals surface area contributed by atoms with Gasteiger partial charge in [-0.2, -0.15) is 0 Å². The molecule has 0 aliphatic carbocycles. The lowest BCUT2D eigenvalue weighted by Gasteiger charge is -2.21. The van der Waals surface area contributed by atoms with Crippen LogP contribution in [0.3, 0.4) is 0 Å². The van der Waals surface area contributed by atoms with E-state index in [1.807, 2.05) is 33.7 Å². The summed E-state index contributed by atoms with van der Waals surface area (Å²) in [7, 11) is 0. The minimum absolute atomic E-state index is 0.131. The van der Waals surface area contributed by atoms with Gasteiger partial charge in [-0.15, -0.1) is 0 Å². The number of fused-ring (bicyclic) bond motifs is 1. The van der Waals surface area contributed by atoms with Gasteiger partial charge in [-0.05, 0) is 37.1 Å². The highest BCUT2D eigenvalue weighted by molar-refractivity contribution is 6.33. The molecule has 162 valence electrons. The van der Waals surface area contributed by atoms with E-state index in [2.05, 4.69) is 5.32 Å². The average Bonchev–Trinajstić information content (AvgIpc) is 2.94. The molecule has 3 aromatic rings. The standard InChI is InChI=1S/C24H27ClN4O2/c25-19-10-4-3-9-18(19)24(31)26-14-13-22-27-20-11-5-6-12-21(20)29(22)17-23(30)28-15-7-1-2-8-16-28/h3-6,9-12H,1-2,7-8,13-17H2,(H,26,31). The molecule has 0 spiro atoms. The highest BCUT2D eigenvalue weighted by Gasteiger charge is 2.19. The number of halogens is 1.